The number of methoxy groups -OCH3 is 1. The van der Waals surface area contributed by atoms with Gasteiger partial charge in [-0.3, -0.25) is 9.59 Å². The van der Waals surface area contributed by atoms with Crippen LogP contribution in [0.5, 0.6) is 5.75 Å². The van der Waals surface area contributed by atoms with E-state index in [1.54, 1.807) is 7.11 Å². The number of rotatable bonds is 5. The summed E-state index contributed by atoms with van der Waals surface area (Å²) in [6.45, 7) is 2.18. The minimum atomic E-state index is -0.369. The quantitative estimate of drug-likeness (QED) is 0.762. The van der Waals surface area contributed by atoms with E-state index in [4.69, 9.17) is 4.74 Å². The lowest BCUT2D eigenvalue weighted by atomic mass is 9.83. The molecule has 5 nitrogen and oxygen atoms in total. The highest BCUT2D eigenvalue weighted by Crippen LogP contribution is 2.49. The van der Waals surface area contributed by atoms with Crippen LogP contribution in [-0.2, 0) is 4.79 Å². The Morgan fingerprint density at radius 1 is 1.03 bits per heavy atom. The van der Waals surface area contributed by atoms with Crippen molar-refractivity contribution in [3.05, 3.63) is 29.8 Å². The zero-order valence-electron chi connectivity index (χ0n) is 18.9. The molecule has 1 aromatic rings. The number of amides is 2. The Morgan fingerprint density at radius 2 is 1.84 bits per heavy atom. The third-order valence-electron chi connectivity index (χ3n) is 8.77. The minimum Gasteiger partial charge on any atom is -0.496 e. The molecule has 2 bridgehead atoms. The van der Waals surface area contributed by atoms with E-state index in [0.717, 1.165) is 37.5 Å². The number of likely N-dealkylation sites (tertiary alicyclic amines) is 1. The Kier molecular flexibility index (Phi) is 5.70. The summed E-state index contributed by atoms with van der Waals surface area (Å²) < 4.78 is 5.47. The van der Waals surface area contributed by atoms with Crippen LogP contribution in [0.4, 0.5) is 0 Å². The molecule has 31 heavy (non-hydrogen) atoms. The number of nitrogens with one attached hydrogen (secondary N) is 1. The zero-order chi connectivity index (χ0) is 21.5. The molecule has 3 saturated carbocycles. The van der Waals surface area contributed by atoms with E-state index < -0.39 is 0 Å². The van der Waals surface area contributed by atoms with Gasteiger partial charge in [-0.1, -0.05) is 31.4 Å². The fourth-order valence-electron chi connectivity index (χ4n) is 7.28. The number of carbonyl (C=O) groups is 2. The number of fused-ring (bicyclic) bond motifs is 3. The first kappa shape index (κ1) is 20.8. The number of hydrogen-bond donors (Lipinski definition) is 1. The van der Waals surface area contributed by atoms with Gasteiger partial charge in [-0.2, -0.15) is 0 Å². The summed E-state index contributed by atoms with van der Waals surface area (Å²) in [5.74, 6) is 3.25. The molecule has 3 aliphatic carbocycles. The van der Waals surface area contributed by atoms with Crippen molar-refractivity contribution in [1.82, 2.24) is 10.2 Å². The summed E-state index contributed by atoms with van der Waals surface area (Å²) >= 11 is 0. The van der Waals surface area contributed by atoms with Crippen LogP contribution in [0, 0.1) is 23.7 Å². The molecule has 1 aliphatic heterocycles. The highest BCUT2D eigenvalue weighted by molar-refractivity contribution is 6.00. The normalized spacial score (nSPS) is 35.0. The zero-order valence-corrected chi connectivity index (χ0v) is 18.9. The van der Waals surface area contributed by atoms with Crippen molar-refractivity contribution in [1.29, 1.82) is 0 Å². The molecule has 1 saturated heterocycles. The maximum Gasteiger partial charge on any atom is 0.258 e. The number of para-hydroxylation sites is 1. The maximum atomic E-state index is 13.7. The van der Waals surface area contributed by atoms with Crippen LogP contribution in [0.3, 0.4) is 0 Å². The largest absolute Gasteiger partial charge is 0.496 e. The Hall–Kier alpha value is -2.04. The van der Waals surface area contributed by atoms with Crippen LogP contribution in [0.2, 0.25) is 0 Å². The lowest BCUT2D eigenvalue weighted by Crippen LogP contribution is -2.52. The summed E-state index contributed by atoms with van der Waals surface area (Å²) in [4.78, 5) is 29.2. The molecule has 7 atom stereocenters. The second-order valence-electron chi connectivity index (χ2n) is 10.4. The van der Waals surface area contributed by atoms with Gasteiger partial charge in [-0.15, -0.1) is 0 Å². The smallest absolute Gasteiger partial charge is 0.258 e. The van der Waals surface area contributed by atoms with Crippen LogP contribution < -0.4 is 10.1 Å². The van der Waals surface area contributed by atoms with Crippen molar-refractivity contribution in [2.75, 3.05) is 7.11 Å². The monoisotopic (exact) mass is 424 g/mol. The maximum absolute atomic E-state index is 13.7. The van der Waals surface area contributed by atoms with Crippen molar-refractivity contribution in [3.63, 3.8) is 0 Å². The predicted molar refractivity (Wildman–Crippen MR) is 120 cm³/mol. The molecule has 1 aromatic carbocycles. The molecule has 168 valence electrons. The van der Waals surface area contributed by atoms with Crippen LogP contribution in [0.15, 0.2) is 24.3 Å². The van der Waals surface area contributed by atoms with Gasteiger partial charge in [-0.05, 0) is 81.3 Å². The summed E-state index contributed by atoms with van der Waals surface area (Å²) in [5.41, 5.74) is 0.565. The van der Waals surface area contributed by atoms with Crippen molar-refractivity contribution >= 4 is 11.8 Å². The summed E-state index contributed by atoms with van der Waals surface area (Å²) in [6, 6.07) is 7.39. The van der Waals surface area contributed by atoms with Gasteiger partial charge >= 0.3 is 0 Å². The van der Waals surface area contributed by atoms with Gasteiger partial charge in [-0.25, -0.2) is 0 Å². The second kappa shape index (κ2) is 8.48. The minimum absolute atomic E-state index is 0.0490. The predicted octanol–water partition coefficient (Wildman–Crippen LogP) is 4.41. The number of hydrogen-bond acceptors (Lipinski definition) is 3. The van der Waals surface area contributed by atoms with Crippen molar-refractivity contribution in [2.24, 2.45) is 23.7 Å². The SMILES string of the molecule is COc1ccccc1C(=O)N1C(C(=O)NC(C)C2CC3CCC2C3)CC2CCCCC21. The topological polar surface area (TPSA) is 58.6 Å². The lowest BCUT2D eigenvalue weighted by Gasteiger charge is -2.35. The van der Waals surface area contributed by atoms with Crippen molar-refractivity contribution in [3.8, 4) is 5.75 Å². The van der Waals surface area contributed by atoms with Gasteiger partial charge in [0.15, 0.2) is 0 Å². The van der Waals surface area contributed by atoms with Gasteiger partial charge in [0.25, 0.3) is 5.91 Å². The average molecular weight is 425 g/mol. The second-order valence-corrected chi connectivity index (χ2v) is 10.4. The van der Waals surface area contributed by atoms with Gasteiger partial charge in [0.2, 0.25) is 5.91 Å². The van der Waals surface area contributed by atoms with Gasteiger partial charge < -0.3 is 15.0 Å². The number of benzene rings is 1. The summed E-state index contributed by atoms with van der Waals surface area (Å²) in [6.07, 6.45) is 10.5. The Bertz CT molecular complexity index is 840. The molecule has 1 N–H and O–H groups in total. The van der Waals surface area contributed by atoms with Gasteiger partial charge in [0.05, 0.1) is 12.7 Å². The molecule has 4 fully saturated rings. The first-order valence-electron chi connectivity index (χ1n) is 12.3. The van der Waals surface area contributed by atoms with Gasteiger partial charge in [0, 0.05) is 12.1 Å². The van der Waals surface area contributed by atoms with E-state index in [1.165, 1.54) is 32.1 Å². The summed E-state index contributed by atoms with van der Waals surface area (Å²) in [7, 11) is 1.60. The van der Waals surface area contributed by atoms with Crippen molar-refractivity contribution < 1.29 is 14.3 Å². The van der Waals surface area contributed by atoms with Crippen molar-refractivity contribution in [2.45, 2.75) is 82.8 Å². The molecule has 7 unspecified atom stereocenters. The molecule has 2 amide bonds. The third kappa shape index (κ3) is 3.74. The Balaban J connectivity index is 1.36. The molecule has 0 spiro atoms. The highest BCUT2D eigenvalue weighted by Gasteiger charge is 2.49. The number of ether oxygens (including phenoxy) is 1. The number of carbonyl (C=O) groups excluding carboxylic acids is 2. The molecule has 5 heteroatoms. The first-order chi connectivity index (χ1) is 15.1. The first-order valence-corrected chi connectivity index (χ1v) is 12.3. The molecule has 5 rings (SSSR count). The van der Waals surface area contributed by atoms with E-state index in [1.807, 2.05) is 29.2 Å². The molecule has 4 aliphatic rings. The van der Waals surface area contributed by atoms with Crippen LogP contribution >= 0.6 is 0 Å². The van der Waals surface area contributed by atoms with Crippen LogP contribution in [0.1, 0.15) is 75.1 Å². The fourth-order valence-corrected chi connectivity index (χ4v) is 7.28. The number of nitrogens with zero attached hydrogens (tertiary/aromatic N) is 1. The Labute approximate surface area is 185 Å². The Morgan fingerprint density at radius 3 is 2.58 bits per heavy atom. The molecular formula is C26H36N2O3. The molecular weight excluding hydrogens is 388 g/mol. The van der Waals surface area contributed by atoms with E-state index >= 15 is 0 Å². The van der Waals surface area contributed by atoms with E-state index in [2.05, 4.69) is 12.2 Å². The highest BCUT2D eigenvalue weighted by atomic mass is 16.5. The standard InChI is InChI=1S/C26H36N2O3/c1-16(21-14-17-11-12-18(21)13-17)27-25(29)23-15-19-7-3-5-9-22(19)28(23)26(30)20-8-4-6-10-24(20)31-2/h4,6,8,10,16-19,21-23H,3,5,7,9,11-15H2,1-2H3,(H,27,29). The van der Waals surface area contributed by atoms with E-state index in [-0.39, 0.29) is 29.9 Å². The summed E-state index contributed by atoms with van der Waals surface area (Å²) in [5, 5.41) is 3.36. The molecule has 0 radical (unpaired) electrons. The molecule has 0 aromatic heterocycles. The van der Waals surface area contributed by atoms with Crippen LogP contribution in [0.25, 0.3) is 0 Å². The average Bonchev–Trinajstić information content (AvgIpc) is 3.52. The lowest BCUT2D eigenvalue weighted by molar-refractivity contribution is -0.126. The van der Waals surface area contributed by atoms with E-state index in [9.17, 15) is 9.59 Å². The fraction of sp³-hybridized carbons (Fsp3) is 0.692. The van der Waals surface area contributed by atoms with E-state index in [0.29, 0.717) is 23.1 Å². The third-order valence-corrected chi connectivity index (χ3v) is 8.77. The molecule has 1 heterocycles. The van der Waals surface area contributed by atoms with Crippen LogP contribution in [-0.4, -0.2) is 41.9 Å². The van der Waals surface area contributed by atoms with Gasteiger partial charge in [0.1, 0.15) is 11.8 Å².